The van der Waals surface area contributed by atoms with Gasteiger partial charge in [-0.05, 0) is 62.4 Å². The topological polar surface area (TPSA) is 60.3 Å². The first-order valence-corrected chi connectivity index (χ1v) is 11.9. The van der Waals surface area contributed by atoms with Crippen LogP contribution in [0.25, 0.3) is 16.9 Å². The Balaban J connectivity index is 1.72. The van der Waals surface area contributed by atoms with Gasteiger partial charge in [-0.15, -0.1) is 0 Å². The molecule has 1 heterocycles. The Bertz CT molecular complexity index is 1130. The molecular weight excluding hydrogens is 412 g/mol. The molecule has 1 N–H and O–H groups in total. The van der Waals surface area contributed by atoms with Crippen LogP contribution in [0.5, 0.6) is 0 Å². The summed E-state index contributed by atoms with van der Waals surface area (Å²) in [6, 6.07) is 19.6. The van der Waals surface area contributed by atoms with E-state index < -0.39 is 0 Å². The molecule has 2 atom stereocenters. The molecule has 0 aliphatic heterocycles. The summed E-state index contributed by atoms with van der Waals surface area (Å²) in [7, 11) is 0. The van der Waals surface area contributed by atoms with Crippen LogP contribution < -0.4 is 5.32 Å². The minimum Gasteiger partial charge on any atom is -0.462 e. The van der Waals surface area contributed by atoms with E-state index in [2.05, 4.69) is 12.2 Å². The minimum absolute atomic E-state index is 0.0488. The van der Waals surface area contributed by atoms with Gasteiger partial charge >= 0.3 is 5.97 Å². The zero-order valence-corrected chi connectivity index (χ0v) is 19.6. The van der Waals surface area contributed by atoms with Crippen molar-refractivity contribution in [1.82, 2.24) is 9.88 Å². The Morgan fingerprint density at radius 3 is 2.52 bits per heavy atom. The third kappa shape index (κ3) is 4.87. The predicted molar refractivity (Wildman–Crippen MR) is 131 cm³/mol. The van der Waals surface area contributed by atoms with Crippen molar-refractivity contribution in [2.45, 2.75) is 52.5 Å². The van der Waals surface area contributed by atoms with Gasteiger partial charge in [-0.2, -0.15) is 0 Å². The molecule has 0 radical (unpaired) electrons. The average molecular weight is 445 g/mol. The van der Waals surface area contributed by atoms with Crippen LogP contribution in [0.4, 0.5) is 0 Å². The summed E-state index contributed by atoms with van der Waals surface area (Å²) in [5.41, 5.74) is 4.64. The van der Waals surface area contributed by atoms with E-state index in [9.17, 15) is 9.59 Å². The van der Waals surface area contributed by atoms with Gasteiger partial charge in [-0.25, -0.2) is 4.79 Å². The summed E-state index contributed by atoms with van der Waals surface area (Å²) in [6.45, 7) is 6.25. The lowest BCUT2D eigenvalue weighted by Crippen LogP contribution is -2.41. The maximum absolute atomic E-state index is 13.1. The van der Waals surface area contributed by atoms with Crippen molar-refractivity contribution in [2.24, 2.45) is 5.92 Å². The quantitative estimate of drug-likeness (QED) is 0.479. The first kappa shape index (κ1) is 22.8. The molecule has 1 saturated carbocycles. The Morgan fingerprint density at radius 2 is 1.79 bits per heavy atom. The molecule has 1 aliphatic carbocycles. The van der Waals surface area contributed by atoms with Gasteiger partial charge in [0.1, 0.15) is 0 Å². The molecular formula is C28H32N2O3. The van der Waals surface area contributed by atoms with E-state index in [1.807, 2.05) is 72.2 Å². The third-order valence-electron chi connectivity index (χ3n) is 6.61. The van der Waals surface area contributed by atoms with Crippen LogP contribution >= 0.6 is 0 Å². The Morgan fingerprint density at radius 1 is 1.03 bits per heavy atom. The van der Waals surface area contributed by atoms with Crippen molar-refractivity contribution >= 4 is 11.9 Å². The second-order valence-corrected chi connectivity index (χ2v) is 8.84. The largest absolute Gasteiger partial charge is 0.462 e. The number of amides is 1. The van der Waals surface area contributed by atoms with Crippen LogP contribution in [0.1, 0.15) is 65.9 Å². The maximum Gasteiger partial charge on any atom is 0.339 e. The van der Waals surface area contributed by atoms with Crippen molar-refractivity contribution < 1.29 is 14.3 Å². The molecule has 1 amide bonds. The lowest BCUT2D eigenvalue weighted by molar-refractivity contribution is 0.0525. The molecule has 0 spiro atoms. The van der Waals surface area contributed by atoms with E-state index in [1.165, 1.54) is 6.42 Å². The van der Waals surface area contributed by atoms with Crippen LogP contribution in [-0.2, 0) is 4.74 Å². The summed E-state index contributed by atoms with van der Waals surface area (Å²) in [4.78, 5) is 25.7. The highest BCUT2D eigenvalue weighted by atomic mass is 16.5. The van der Waals surface area contributed by atoms with Gasteiger partial charge in [-0.1, -0.05) is 56.2 Å². The SMILES string of the molecule is CCOC(=O)c1cc(-c2ccccc2)n(-c2cccc(C(=O)N[C@@H]3CCCC[C@@H]3C)c2)c1C. The van der Waals surface area contributed by atoms with E-state index in [-0.39, 0.29) is 17.9 Å². The zero-order valence-electron chi connectivity index (χ0n) is 19.6. The molecule has 1 aromatic heterocycles. The number of rotatable bonds is 6. The fourth-order valence-electron chi connectivity index (χ4n) is 4.75. The van der Waals surface area contributed by atoms with Crippen molar-refractivity contribution in [2.75, 3.05) is 6.61 Å². The van der Waals surface area contributed by atoms with Crippen molar-refractivity contribution in [3.63, 3.8) is 0 Å². The molecule has 3 aromatic rings. The lowest BCUT2D eigenvalue weighted by atomic mass is 9.86. The Kier molecular flexibility index (Phi) is 6.97. The summed E-state index contributed by atoms with van der Waals surface area (Å²) < 4.78 is 7.32. The Hall–Kier alpha value is -3.34. The molecule has 1 aliphatic rings. The van der Waals surface area contributed by atoms with Gasteiger partial charge in [-0.3, -0.25) is 4.79 Å². The second kappa shape index (κ2) is 10.1. The number of carbonyl (C=O) groups excluding carboxylic acids is 2. The number of nitrogens with zero attached hydrogens (tertiary/aromatic N) is 1. The van der Waals surface area contributed by atoms with E-state index >= 15 is 0 Å². The van der Waals surface area contributed by atoms with Crippen LogP contribution in [0.15, 0.2) is 60.7 Å². The third-order valence-corrected chi connectivity index (χ3v) is 6.61. The molecule has 33 heavy (non-hydrogen) atoms. The van der Waals surface area contributed by atoms with Crippen molar-refractivity contribution in [3.8, 4) is 16.9 Å². The Labute approximate surface area is 195 Å². The minimum atomic E-state index is -0.342. The van der Waals surface area contributed by atoms with Gasteiger partial charge in [0.15, 0.2) is 0 Å². The monoisotopic (exact) mass is 444 g/mol. The molecule has 172 valence electrons. The predicted octanol–water partition coefficient (Wildman–Crippen LogP) is 5.94. The number of hydrogen-bond acceptors (Lipinski definition) is 3. The van der Waals surface area contributed by atoms with Gasteiger partial charge in [0.2, 0.25) is 0 Å². The average Bonchev–Trinajstić information content (AvgIpc) is 3.18. The highest BCUT2D eigenvalue weighted by molar-refractivity contribution is 5.95. The first-order valence-electron chi connectivity index (χ1n) is 11.9. The molecule has 0 bridgehead atoms. The van der Waals surface area contributed by atoms with E-state index in [1.54, 1.807) is 6.92 Å². The number of carbonyl (C=O) groups is 2. The fraction of sp³-hybridized carbons (Fsp3) is 0.357. The van der Waals surface area contributed by atoms with E-state index in [0.717, 1.165) is 41.9 Å². The maximum atomic E-state index is 13.1. The summed E-state index contributed by atoms with van der Waals surface area (Å²) in [6.07, 6.45) is 4.59. The van der Waals surface area contributed by atoms with Crippen molar-refractivity contribution in [1.29, 1.82) is 0 Å². The lowest BCUT2D eigenvalue weighted by Gasteiger charge is -2.29. The van der Waals surface area contributed by atoms with Gasteiger partial charge in [0.05, 0.1) is 17.9 Å². The number of esters is 1. The van der Waals surface area contributed by atoms with Crippen molar-refractivity contribution in [3.05, 3.63) is 77.5 Å². The second-order valence-electron chi connectivity index (χ2n) is 8.84. The molecule has 0 unspecified atom stereocenters. The highest BCUT2D eigenvalue weighted by Crippen LogP contribution is 2.30. The normalized spacial score (nSPS) is 18.0. The van der Waals surface area contributed by atoms with Gasteiger partial charge in [0, 0.05) is 23.0 Å². The van der Waals surface area contributed by atoms with E-state index in [4.69, 9.17) is 4.74 Å². The van der Waals surface area contributed by atoms with E-state index in [0.29, 0.717) is 23.7 Å². The van der Waals surface area contributed by atoms with Gasteiger partial charge in [0.25, 0.3) is 5.91 Å². The highest BCUT2D eigenvalue weighted by Gasteiger charge is 2.24. The summed E-state index contributed by atoms with van der Waals surface area (Å²) in [5.74, 6) is 0.104. The number of ether oxygens (including phenoxy) is 1. The molecule has 5 heteroatoms. The zero-order chi connectivity index (χ0) is 23.4. The number of aromatic nitrogens is 1. The van der Waals surface area contributed by atoms with Gasteiger partial charge < -0.3 is 14.6 Å². The number of benzene rings is 2. The number of nitrogens with one attached hydrogen (secondary N) is 1. The first-order chi connectivity index (χ1) is 16.0. The summed E-state index contributed by atoms with van der Waals surface area (Å²) >= 11 is 0. The molecule has 4 rings (SSSR count). The van der Waals surface area contributed by atoms with Crippen LogP contribution in [0.2, 0.25) is 0 Å². The smallest absolute Gasteiger partial charge is 0.339 e. The van der Waals surface area contributed by atoms with Crippen LogP contribution in [0, 0.1) is 12.8 Å². The molecule has 1 fully saturated rings. The number of hydrogen-bond donors (Lipinski definition) is 1. The molecule has 2 aromatic carbocycles. The molecule has 5 nitrogen and oxygen atoms in total. The fourth-order valence-corrected chi connectivity index (χ4v) is 4.75. The standard InChI is InChI=1S/C28H32N2O3/c1-4-33-28(32)24-18-26(21-12-6-5-7-13-21)30(20(24)3)23-15-10-14-22(17-23)27(31)29-25-16-9-8-11-19(25)2/h5-7,10,12-15,17-19,25H,4,8-9,11,16H2,1-3H3,(H,29,31)/t19-,25+/m0/s1. The summed E-state index contributed by atoms with van der Waals surface area (Å²) in [5, 5.41) is 3.24. The van der Waals surface area contributed by atoms with Crippen LogP contribution in [0.3, 0.4) is 0 Å². The molecule has 0 saturated heterocycles. The van der Waals surface area contributed by atoms with Crippen LogP contribution in [-0.4, -0.2) is 29.1 Å².